The minimum Gasteiger partial charge on any atom is -0.337 e. The quantitative estimate of drug-likeness (QED) is 0.647. The number of amides is 2. The minimum atomic E-state index is -3.77. The number of hydrogen-bond donors (Lipinski definition) is 2. The Hall–Kier alpha value is -3.30. The lowest BCUT2D eigenvalue weighted by molar-refractivity contribution is -0.121. The maximum Gasteiger partial charge on any atom is 0.273 e. The van der Waals surface area contributed by atoms with Crippen molar-refractivity contribution in [2.24, 2.45) is 11.1 Å². The normalized spacial score (nSPS) is 15.1. The molecule has 0 bridgehead atoms. The molecule has 0 unspecified atom stereocenters. The summed E-state index contributed by atoms with van der Waals surface area (Å²) in [5.74, 6) is -0.518. The number of nitrogens with zero attached hydrogens (tertiary/aromatic N) is 2. The maximum absolute atomic E-state index is 13.0. The third-order valence-electron chi connectivity index (χ3n) is 5.48. The van der Waals surface area contributed by atoms with E-state index in [9.17, 15) is 18.0 Å². The molecule has 2 heterocycles. The van der Waals surface area contributed by atoms with Gasteiger partial charge in [-0.25, -0.2) is 13.6 Å². The van der Waals surface area contributed by atoms with E-state index in [2.05, 4.69) is 10.3 Å². The first-order chi connectivity index (χ1) is 14.8. The summed E-state index contributed by atoms with van der Waals surface area (Å²) >= 11 is 0. The molecule has 1 aliphatic rings. The van der Waals surface area contributed by atoms with Crippen molar-refractivity contribution in [2.45, 2.75) is 17.7 Å². The van der Waals surface area contributed by atoms with Gasteiger partial charge < -0.3 is 10.2 Å². The molecule has 2 aromatic carbocycles. The van der Waals surface area contributed by atoms with Crippen LogP contribution in [0.15, 0.2) is 65.7 Å². The third kappa shape index (κ3) is 4.57. The van der Waals surface area contributed by atoms with E-state index in [1.807, 2.05) is 30.3 Å². The van der Waals surface area contributed by atoms with Crippen LogP contribution in [0, 0.1) is 5.92 Å². The zero-order valence-corrected chi connectivity index (χ0v) is 17.5. The van der Waals surface area contributed by atoms with E-state index in [4.69, 9.17) is 5.14 Å². The number of hydrogen-bond acceptors (Lipinski definition) is 5. The molecule has 4 rings (SSSR count). The molecular formula is C22H22N4O4S. The predicted molar refractivity (Wildman–Crippen MR) is 117 cm³/mol. The fourth-order valence-corrected chi connectivity index (χ4v) is 4.27. The number of sulfonamides is 1. The van der Waals surface area contributed by atoms with E-state index in [0.29, 0.717) is 37.3 Å². The first-order valence-electron chi connectivity index (χ1n) is 9.90. The Balaban J connectivity index is 1.38. The lowest BCUT2D eigenvalue weighted by Crippen LogP contribution is -2.41. The van der Waals surface area contributed by atoms with Crippen molar-refractivity contribution in [1.29, 1.82) is 0 Å². The monoisotopic (exact) mass is 438 g/mol. The van der Waals surface area contributed by atoms with E-state index in [1.54, 1.807) is 11.1 Å². The highest BCUT2D eigenvalue weighted by atomic mass is 32.2. The number of likely N-dealkylation sites (tertiary alicyclic amines) is 1. The van der Waals surface area contributed by atoms with Crippen LogP contribution in [0.1, 0.15) is 23.3 Å². The number of pyridine rings is 1. The Morgan fingerprint density at radius 2 is 1.68 bits per heavy atom. The molecule has 1 aromatic heterocycles. The van der Waals surface area contributed by atoms with Gasteiger partial charge in [-0.2, -0.15) is 0 Å². The zero-order valence-electron chi connectivity index (χ0n) is 16.7. The van der Waals surface area contributed by atoms with Gasteiger partial charge in [0.2, 0.25) is 15.9 Å². The number of carbonyl (C=O) groups excluding carboxylic acids is 2. The van der Waals surface area contributed by atoms with Gasteiger partial charge in [0, 0.05) is 36.3 Å². The van der Waals surface area contributed by atoms with Crippen molar-refractivity contribution in [3.05, 3.63) is 66.5 Å². The number of primary sulfonamides is 1. The van der Waals surface area contributed by atoms with Crippen molar-refractivity contribution >= 4 is 38.3 Å². The van der Waals surface area contributed by atoms with Crippen molar-refractivity contribution in [1.82, 2.24) is 9.88 Å². The molecular weight excluding hydrogens is 416 g/mol. The summed E-state index contributed by atoms with van der Waals surface area (Å²) in [6, 6.07) is 15.2. The summed E-state index contributed by atoms with van der Waals surface area (Å²) in [7, 11) is -3.77. The number of piperidine rings is 1. The highest BCUT2D eigenvalue weighted by molar-refractivity contribution is 7.89. The number of fused-ring (bicyclic) bond motifs is 1. The number of nitrogens with one attached hydrogen (secondary N) is 1. The van der Waals surface area contributed by atoms with Crippen LogP contribution < -0.4 is 10.5 Å². The molecule has 9 heteroatoms. The summed E-state index contributed by atoms with van der Waals surface area (Å²) in [5, 5.41) is 9.66. The van der Waals surface area contributed by atoms with Gasteiger partial charge in [-0.05, 0) is 48.6 Å². The highest BCUT2D eigenvalue weighted by Gasteiger charge is 2.29. The first kappa shape index (κ1) is 21.0. The van der Waals surface area contributed by atoms with E-state index in [0.717, 1.165) is 10.8 Å². The SMILES string of the molecule is NS(=O)(=O)c1ccc(NC(=O)C2CCN(C(=O)c3nccc4ccccc34)CC2)cc1. The van der Waals surface area contributed by atoms with Crippen LogP contribution in [0.25, 0.3) is 10.8 Å². The van der Waals surface area contributed by atoms with Crippen LogP contribution in [0.3, 0.4) is 0 Å². The van der Waals surface area contributed by atoms with Gasteiger partial charge >= 0.3 is 0 Å². The summed E-state index contributed by atoms with van der Waals surface area (Å²) in [5.41, 5.74) is 0.923. The summed E-state index contributed by atoms with van der Waals surface area (Å²) in [6.07, 6.45) is 2.71. The number of nitrogens with two attached hydrogens (primary N) is 1. The number of rotatable bonds is 4. The van der Waals surface area contributed by atoms with Crippen LogP contribution in [0.2, 0.25) is 0 Å². The van der Waals surface area contributed by atoms with Gasteiger partial charge in [0.15, 0.2) is 0 Å². The van der Waals surface area contributed by atoms with Gasteiger partial charge in [0.1, 0.15) is 5.69 Å². The molecule has 3 aromatic rings. The lowest BCUT2D eigenvalue weighted by atomic mass is 9.95. The fraction of sp³-hybridized carbons (Fsp3) is 0.227. The molecule has 3 N–H and O–H groups in total. The lowest BCUT2D eigenvalue weighted by Gasteiger charge is -2.31. The molecule has 1 fully saturated rings. The van der Waals surface area contributed by atoms with Gasteiger partial charge in [0.25, 0.3) is 5.91 Å². The molecule has 0 radical (unpaired) electrons. The molecule has 1 aliphatic heterocycles. The number of carbonyl (C=O) groups is 2. The van der Waals surface area contributed by atoms with Gasteiger partial charge in [-0.3, -0.25) is 14.6 Å². The van der Waals surface area contributed by atoms with Crippen LogP contribution in [-0.4, -0.2) is 43.2 Å². The Bertz CT molecular complexity index is 1230. The predicted octanol–water partition coefficient (Wildman–Crippen LogP) is 2.37. The van der Waals surface area contributed by atoms with Gasteiger partial charge in [-0.15, -0.1) is 0 Å². The van der Waals surface area contributed by atoms with E-state index in [-0.39, 0.29) is 22.6 Å². The smallest absolute Gasteiger partial charge is 0.273 e. The third-order valence-corrected chi connectivity index (χ3v) is 6.41. The molecule has 1 saturated heterocycles. The zero-order chi connectivity index (χ0) is 22.0. The van der Waals surface area contributed by atoms with Crippen LogP contribution in [0.4, 0.5) is 5.69 Å². The van der Waals surface area contributed by atoms with Crippen LogP contribution >= 0.6 is 0 Å². The van der Waals surface area contributed by atoms with Crippen LogP contribution in [-0.2, 0) is 14.8 Å². The molecule has 0 saturated carbocycles. The molecule has 0 atom stereocenters. The molecule has 0 aliphatic carbocycles. The summed E-state index contributed by atoms with van der Waals surface area (Å²) < 4.78 is 22.7. The Morgan fingerprint density at radius 3 is 2.35 bits per heavy atom. The highest BCUT2D eigenvalue weighted by Crippen LogP contribution is 2.23. The molecule has 8 nitrogen and oxygen atoms in total. The summed E-state index contributed by atoms with van der Waals surface area (Å²) in [6.45, 7) is 0.929. The van der Waals surface area contributed by atoms with Gasteiger partial charge in [0.05, 0.1) is 4.90 Å². The standard InChI is InChI=1S/C22H22N4O4S/c23-31(29,30)18-7-5-17(6-8-18)25-21(27)16-10-13-26(14-11-16)22(28)20-19-4-2-1-3-15(19)9-12-24-20/h1-9,12,16H,10-11,13-14H2,(H,25,27)(H2,23,29,30). The number of benzene rings is 2. The van der Waals surface area contributed by atoms with E-state index < -0.39 is 10.0 Å². The Morgan fingerprint density at radius 1 is 1.00 bits per heavy atom. The van der Waals surface area contributed by atoms with Crippen molar-refractivity contribution in [3.8, 4) is 0 Å². The van der Waals surface area contributed by atoms with E-state index in [1.165, 1.54) is 24.3 Å². The molecule has 160 valence electrons. The Kier molecular flexibility index (Phi) is 5.71. The van der Waals surface area contributed by atoms with Crippen LogP contribution in [0.5, 0.6) is 0 Å². The second kappa shape index (κ2) is 8.44. The van der Waals surface area contributed by atoms with Crippen molar-refractivity contribution in [2.75, 3.05) is 18.4 Å². The van der Waals surface area contributed by atoms with Gasteiger partial charge in [-0.1, -0.05) is 24.3 Å². The first-order valence-corrected chi connectivity index (χ1v) is 11.4. The average Bonchev–Trinajstić information content (AvgIpc) is 2.78. The molecule has 0 spiro atoms. The largest absolute Gasteiger partial charge is 0.337 e. The second-order valence-electron chi connectivity index (χ2n) is 7.51. The topological polar surface area (TPSA) is 122 Å². The fourth-order valence-electron chi connectivity index (χ4n) is 3.76. The average molecular weight is 439 g/mol. The minimum absolute atomic E-state index is 0.0145. The van der Waals surface area contributed by atoms with E-state index >= 15 is 0 Å². The Labute approximate surface area is 180 Å². The van der Waals surface area contributed by atoms with Crippen molar-refractivity contribution < 1.29 is 18.0 Å². The summed E-state index contributed by atoms with van der Waals surface area (Å²) in [4.78, 5) is 31.6. The van der Waals surface area contributed by atoms with Crippen molar-refractivity contribution in [3.63, 3.8) is 0 Å². The number of aromatic nitrogens is 1. The molecule has 31 heavy (non-hydrogen) atoms. The molecule has 2 amide bonds. The second-order valence-corrected chi connectivity index (χ2v) is 9.07. The maximum atomic E-state index is 13.0. The number of anilines is 1.